The van der Waals surface area contributed by atoms with E-state index >= 15 is 0 Å². The third-order valence-corrected chi connectivity index (χ3v) is 7.00. The van der Waals surface area contributed by atoms with Crippen LogP contribution in [0.5, 0.6) is 11.5 Å². The molecule has 4 rings (SSSR count). The first-order chi connectivity index (χ1) is 20.9. The van der Waals surface area contributed by atoms with Gasteiger partial charge in [0.25, 0.3) is 0 Å². The highest BCUT2D eigenvalue weighted by atomic mass is 16.5. The first kappa shape index (κ1) is 30.8. The van der Waals surface area contributed by atoms with E-state index in [9.17, 15) is 19.5 Å². The molecule has 13 nitrogen and oxygen atoms in total. The van der Waals surface area contributed by atoms with E-state index in [4.69, 9.17) is 19.7 Å². The fourth-order valence-electron chi connectivity index (χ4n) is 4.91. The molecule has 0 saturated carbocycles. The average Bonchev–Trinajstić information content (AvgIpc) is 3.05. The van der Waals surface area contributed by atoms with Gasteiger partial charge in [0.15, 0.2) is 0 Å². The van der Waals surface area contributed by atoms with E-state index in [1.807, 2.05) is 78.9 Å². The lowest BCUT2D eigenvalue weighted by atomic mass is 9.80. The van der Waals surface area contributed by atoms with E-state index < -0.39 is 29.3 Å². The summed E-state index contributed by atoms with van der Waals surface area (Å²) in [5.74, 6) is 1.30. The van der Waals surface area contributed by atoms with E-state index in [1.54, 1.807) is 14.2 Å². The minimum atomic E-state index is -1.19. The lowest BCUT2D eigenvalue weighted by molar-refractivity contribution is 0.00695. The zero-order valence-corrected chi connectivity index (χ0v) is 23.8. The van der Waals surface area contributed by atoms with Gasteiger partial charge in [-0.25, -0.2) is 28.1 Å². The first-order valence-electron chi connectivity index (χ1n) is 13.5. The Kier molecular flexibility index (Phi) is 10.2. The van der Waals surface area contributed by atoms with Crippen LogP contribution in [0.4, 0.5) is 0 Å². The summed E-state index contributed by atoms with van der Waals surface area (Å²) >= 11 is 0. The number of hydrogen-bond donors (Lipinski definition) is 1. The molecule has 0 aliphatic rings. The Morgan fingerprint density at radius 3 is 1.65 bits per heavy atom. The second kappa shape index (κ2) is 14.2. The van der Waals surface area contributed by atoms with Crippen LogP contribution in [0.15, 0.2) is 98.4 Å². The number of ether oxygens (including phenoxy) is 3. The summed E-state index contributed by atoms with van der Waals surface area (Å²) in [6, 6.07) is 24.3. The molecule has 0 bridgehead atoms. The number of aromatic nitrogens is 3. The minimum Gasteiger partial charge on any atom is -0.497 e. The Morgan fingerprint density at radius 1 is 0.721 bits per heavy atom. The molecule has 0 unspecified atom stereocenters. The van der Waals surface area contributed by atoms with Crippen LogP contribution in [-0.2, 0) is 30.0 Å². The lowest BCUT2D eigenvalue weighted by Gasteiger charge is -2.36. The number of aliphatic hydroxyl groups is 1. The predicted molar refractivity (Wildman–Crippen MR) is 159 cm³/mol. The Hall–Kier alpha value is -5.10. The summed E-state index contributed by atoms with van der Waals surface area (Å²) in [6.07, 6.45) is 0. The van der Waals surface area contributed by atoms with Crippen molar-refractivity contribution in [3.63, 3.8) is 0 Å². The number of rotatable bonds is 14. The van der Waals surface area contributed by atoms with Gasteiger partial charge in [-0.05, 0) is 46.5 Å². The standard InChI is InChI=1S/C30H32N6O7/c1-41-25-12-8-23(9-13-25)30(22-6-4-3-5-7-22,24-10-14-26(42-2)15-11-24)43-21-19-36-28(39)34(17-16-32-33-31)27(38)35(18-20-37)29(36)40/h3-15,37H,16-21H2,1-2H3. The summed E-state index contributed by atoms with van der Waals surface area (Å²) in [5.41, 5.74) is 7.08. The van der Waals surface area contributed by atoms with Crippen LogP contribution >= 0.6 is 0 Å². The molecular formula is C30H32N6O7. The predicted octanol–water partition coefficient (Wildman–Crippen LogP) is 2.50. The highest BCUT2D eigenvalue weighted by Crippen LogP contribution is 2.41. The van der Waals surface area contributed by atoms with Crippen LogP contribution in [0.3, 0.4) is 0 Å². The monoisotopic (exact) mass is 588 g/mol. The Labute approximate surface area is 246 Å². The Balaban J connectivity index is 1.83. The lowest BCUT2D eigenvalue weighted by Crippen LogP contribution is -2.55. The molecule has 0 atom stereocenters. The van der Waals surface area contributed by atoms with Crippen molar-refractivity contribution in [3.05, 3.63) is 137 Å². The summed E-state index contributed by atoms with van der Waals surface area (Å²) in [4.78, 5) is 42.0. The molecule has 4 aromatic rings. The van der Waals surface area contributed by atoms with Crippen LogP contribution in [0, 0.1) is 0 Å². The molecule has 3 aromatic carbocycles. The summed E-state index contributed by atoms with van der Waals surface area (Å²) in [7, 11) is 3.15. The van der Waals surface area contributed by atoms with E-state index in [1.165, 1.54) is 0 Å². The molecular weight excluding hydrogens is 556 g/mol. The second-order valence-electron chi connectivity index (χ2n) is 9.33. The van der Waals surface area contributed by atoms with Gasteiger partial charge in [0, 0.05) is 18.0 Å². The maximum atomic E-state index is 13.3. The number of hydrogen-bond acceptors (Lipinski definition) is 8. The minimum absolute atomic E-state index is 0.129. The SMILES string of the molecule is COc1ccc(C(OCCn2c(=O)n(CCO)c(=O)n(CCN=[N+]=[N-])c2=O)(c2ccccc2)c2ccc(OC)cc2)cc1. The van der Waals surface area contributed by atoms with Crippen molar-refractivity contribution in [2.45, 2.75) is 25.2 Å². The van der Waals surface area contributed by atoms with Crippen molar-refractivity contribution < 1.29 is 19.3 Å². The van der Waals surface area contributed by atoms with Gasteiger partial charge in [-0.15, -0.1) is 0 Å². The van der Waals surface area contributed by atoms with Gasteiger partial charge in [-0.1, -0.05) is 59.7 Å². The van der Waals surface area contributed by atoms with Crippen LogP contribution in [0.1, 0.15) is 16.7 Å². The summed E-state index contributed by atoms with van der Waals surface area (Å²) < 4.78 is 19.9. The van der Waals surface area contributed by atoms with Crippen molar-refractivity contribution in [1.29, 1.82) is 0 Å². The first-order valence-corrected chi connectivity index (χ1v) is 13.5. The molecule has 0 spiro atoms. The van der Waals surface area contributed by atoms with Crippen molar-refractivity contribution in [2.75, 3.05) is 34.0 Å². The largest absolute Gasteiger partial charge is 0.497 e. The maximum absolute atomic E-state index is 13.3. The van der Waals surface area contributed by atoms with Gasteiger partial charge in [0.1, 0.15) is 17.1 Å². The zero-order valence-electron chi connectivity index (χ0n) is 23.8. The normalized spacial score (nSPS) is 11.1. The molecule has 224 valence electrons. The smallest absolute Gasteiger partial charge is 0.336 e. The molecule has 13 heteroatoms. The highest BCUT2D eigenvalue weighted by Gasteiger charge is 2.38. The molecule has 0 radical (unpaired) electrons. The third kappa shape index (κ3) is 6.38. The number of aliphatic hydroxyl groups excluding tert-OH is 1. The van der Waals surface area contributed by atoms with Crippen molar-refractivity contribution in [2.24, 2.45) is 5.11 Å². The fraction of sp³-hybridized carbons (Fsp3) is 0.300. The zero-order chi connectivity index (χ0) is 30.8. The molecule has 1 aromatic heterocycles. The van der Waals surface area contributed by atoms with Crippen molar-refractivity contribution in [1.82, 2.24) is 13.7 Å². The van der Waals surface area contributed by atoms with Crippen molar-refractivity contribution >= 4 is 0 Å². The highest BCUT2D eigenvalue weighted by molar-refractivity contribution is 5.49. The molecule has 1 N–H and O–H groups in total. The number of benzene rings is 3. The molecule has 0 aliphatic heterocycles. The second-order valence-corrected chi connectivity index (χ2v) is 9.33. The Bertz CT molecular complexity index is 1690. The Morgan fingerprint density at radius 2 is 1.19 bits per heavy atom. The van der Waals surface area contributed by atoms with Gasteiger partial charge in [0.2, 0.25) is 0 Å². The molecule has 0 amide bonds. The maximum Gasteiger partial charge on any atom is 0.336 e. The number of nitrogens with zero attached hydrogens (tertiary/aromatic N) is 6. The van der Waals surface area contributed by atoms with Gasteiger partial charge >= 0.3 is 17.1 Å². The molecule has 0 fully saturated rings. The van der Waals surface area contributed by atoms with Gasteiger partial charge in [-0.2, -0.15) is 0 Å². The van der Waals surface area contributed by atoms with Gasteiger partial charge in [0.05, 0.1) is 40.5 Å². The average molecular weight is 589 g/mol. The van der Waals surface area contributed by atoms with Crippen LogP contribution in [0.25, 0.3) is 10.4 Å². The molecule has 43 heavy (non-hydrogen) atoms. The fourth-order valence-corrected chi connectivity index (χ4v) is 4.91. The summed E-state index contributed by atoms with van der Waals surface area (Å²) in [6.45, 7) is -1.56. The van der Waals surface area contributed by atoms with Crippen LogP contribution in [0.2, 0.25) is 0 Å². The topological polar surface area (TPSA) is 163 Å². The molecule has 1 heterocycles. The quantitative estimate of drug-likeness (QED) is 0.102. The number of azide groups is 1. The number of methoxy groups -OCH3 is 2. The third-order valence-electron chi connectivity index (χ3n) is 7.00. The van der Waals surface area contributed by atoms with Crippen LogP contribution < -0.4 is 26.5 Å². The molecule has 0 aliphatic carbocycles. The van der Waals surface area contributed by atoms with E-state index in [2.05, 4.69) is 10.0 Å². The van der Waals surface area contributed by atoms with Gasteiger partial charge < -0.3 is 19.3 Å². The van der Waals surface area contributed by atoms with Gasteiger partial charge in [-0.3, -0.25) is 0 Å². The van der Waals surface area contributed by atoms with Crippen LogP contribution in [-0.4, -0.2) is 52.8 Å². The van der Waals surface area contributed by atoms with E-state index in [-0.39, 0.29) is 32.8 Å². The van der Waals surface area contributed by atoms with E-state index in [0.717, 1.165) is 30.4 Å². The summed E-state index contributed by atoms with van der Waals surface area (Å²) in [5, 5.41) is 12.9. The molecule has 0 saturated heterocycles. The van der Waals surface area contributed by atoms with E-state index in [0.29, 0.717) is 11.5 Å². The van der Waals surface area contributed by atoms with Crippen molar-refractivity contribution in [3.8, 4) is 11.5 Å².